The number of aliphatic hydroxyl groups is 1. The zero-order valence-corrected chi connectivity index (χ0v) is 21.9. The normalized spacial score (nSPS) is 20.6. The van der Waals surface area contributed by atoms with Crippen LogP contribution in [0.2, 0.25) is 0 Å². The van der Waals surface area contributed by atoms with Crippen molar-refractivity contribution in [2.45, 2.75) is 38.1 Å². The van der Waals surface area contributed by atoms with E-state index >= 15 is 0 Å². The predicted octanol–water partition coefficient (Wildman–Crippen LogP) is 2.99. The summed E-state index contributed by atoms with van der Waals surface area (Å²) in [5, 5.41) is 14.6. The Morgan fingerprint density at radius 1 is 1.05 bits per heavy atom. The van der Waals surface area contributed by atoms with E-state index in [-0.39, 0.29) is 11.8 Å². The van der Waals surface area contributed by atoms with Crippen LogP contribution in [0.15, 0.2) is 60.9 Å². The molecule has 4 heterocycles. The van der Waals surface area contributed by atoms with Gasteiger partial charge in [-0.3, -0.25) is 4.79 Å². The van der Waals surface area contributed by atoms with E-state index in [1.54, 1.807) is 0 Å². The van der Waals surface area contributed by atoms with Gasteiger partial charge in [0.1, 0.15) is 19.3 Å². The Hall–Kier alpha value is -3.49. The topological polar surface area (TPSA) is 79.2 Å². The third-order valence-electron chi connectivity index (χ3n) is 8.01. The number of aromatic nitrogens is 1. The second-order valence-electron chi connectivity index (χ2n) is 10.7. The Balaban J connectivity index is 1.15. The fourth-order valence-electron chi connectivity index (χ4n) is 5.81. The van der Waals surface area contributed by atoms with Gasteiger partial charge in [-0.2, -0.15) is 0 Å². The molecule has 1 saturated heterocycles. The third-order valence-corrected chi connectivity index (χ3v) is 8.01. The van der Waals surface area contributed by atoms with Crippen molar-refractivity contribution in [2.24, 2.45) is 5.92 Å². The number of hydrogen-bond donors (Lipinski definition) is 2. The number of likely N-dealkylation sites (N-methyl/N-ethyl adjacent to an activating group) is 1. The molecular weight excluding hydrogens is 480 g/mol. The summed E-state index contributed by atoms with van der Waals surface area (Å²) in [6.07, 6.45) is 4.87. The average Bonchev–Trinajstić information content (AvgIpc) is 3.64. The molecule has 3 atom stereocenters. The van der Waals surface area contributed by atoms with Gasteiger partial charge in [-0.25, -0.2) is 0 Å². The van der Waals surface area contributed by atoms with Crippen LogP contribution in [0.1, 0.15) is 29.2 Å². The van der Waals surface area contributed by atoms with Crippen LogP contribution in [0.5, 0.6) is 11.5 Å². The van der Waals surface area contributed by atoms with Gasteiger partial charge in [-0.15, -0.1) is 0 Å². The molecule has 38 heavy (non-hydrogen) atoms. The largest absolute Gasteiger partial charge is 0.486 e. The van der Waals surface area contributed by atoms with Gasteiger partial charge in [-0.1, -0.05) is 12.1 Å². The summed E-state index contributed by atoms with van der Waals surface area (Å²) in [7, 11) is 2.16. The summed E-state index contributed by atoms with van der Waals surface area (Å²) >= 11 is 0. The summed E-state index contributed by atoms with van der Waals surface area (Å²) in [4.78, 5) is 18.2. The molecule has 8 heteroatoms. The highest BCUT2D eigenvalue weighted by molar-refractivity contribution is 5.80. The Bertz CT molecular complexity index is 1280. The molecule has 0 saturated carbocycles. The van der Waals surface area contributed by atoms with Crippen LogP contribution in [0.3, 0.4) is 0 Å². The summed E-state index contributed by atoms with van der Waals surface area (Å²) in [5.41, 5.74) is 4.70. The lowest BCUT2D eigenvalue weighted by atomic mass is 9.99. The number of nitrogens with zero attached hydrogens (tertiary/aromatic N) is 3. The van der Waals surface area contributed by atoms with Crippen molar-refractivity contribution in [3.63, 3.8) is 0 Å². The van der Waals surface area contributed by atoms with Crippen LogP contribution >= 0.6 is 0 Å². The zero-order chi connectivity index (χ0) is 26.1. The van der Waals surface area contributed by atoms with Crippen molar-refractivity contribution in [1.82, 2.24) is 14.8 Å². The average molecular weight is 517 g/mol. The Morgan fingerprint density at radius 2 is 1.87 bits per heavy atom. The number of carbonyl (C=O) groups is 1. The minimum absolute atomic E-state index is 0.0149. The molecule has 1 fully saturated rings. The van der Waals surface area contributed by atoms with E-state index in [1.807, 2.05) is 47.3 Å². The molecule has 2 aromatic carbocycles. The van der Waals surface area contributed by atoms with Gasteiger partial charge in [-0.05, 0) is 73.0 Å². The van der Waals surface area contributed by atoms with Crippen molar-refractivity contribution in [3.05, 3.63) is 77.6 Å². The minimum Gasteiger partial charge on any atom is -0.486 e. The van der Waals surface area contributed by atoms with Crippen LogP contribution in [-0.4, -0.2) is 66.4 Å². The number of amides is 1. The number of fused-ring (bicyclic) bond motifs is 2. The van der Waals surface area contributed by atoms with Crippen LogP contribution in [0.25, 0.3) is 0 Å². The highest BCUT2D eigenvalue weighted by atomic mass is 16.6. The Labute approximate surface area is 223 Å². The SMILES string of the molecule is CN1CCc2ccc(N3CC[C@@H](C(=O)N[C@H](Cn4cccc4)[C@H](O)c4ccc5c(c4)OCCO5)C3)cc2C1. The number of carbonyl (C=O) groups excluding carboxylic acids is 1. The van der Waals surface area contributed by atoms with E-state index in [1.165, 1.54) is 16.8 Å². The van der Waals surface area contributed by atoms with Gasteiger partial charge in [0.05, 0.1) is 12.0 Å². The Kier molecular flexibility index (Phi) is 7.00. The van der Waals surface area contributed by atoms with Crippen molar-refractivity contribution in [2.75, 3.05) is 44.8 Å². The molecule has 0 unspecified atom stereocenters. The molecule has 0 spiro atoms. The molecule has 0 bridgehead atoms. The molecule has 3 aliphatic heterocycles. The summed E-state index contributed by atoms with van der Waals surface area (Å²) in [6.45, 7) is 5.05. The number of hydrogen-bond acceptors (Lipinski definition) is 6. The van der Waals surface area contributed by atoms with E-state index in [2.05, 4.69) is 40.4 Å². The van der Waals surface area contributed by atoms with Crippen molar-refractivity contribution in [3.8, 4) is 11.5 Å². The molecular formula is C30H36N4O4. The Morgan fingerprint density at radius 3 is 2.71 bits per heavy atom. The summed E-state index contributed by atoms with van der Waals surface area (Å²) < 4.78 is 13.3. The zero-order valence-electron chi connectivity index (χ0n) is 21.9. The fraction of sp³-hybridized carbons (Fsp3) is 0.433. The van der Waals surface area contributed by atoms with E-state index in [4.69, 9.17) is 9.47 Å². The smallest absolute Gasteiger partial charge is 0.225 e. The van der Waals surface area contributed by atoms with Crippen LogP contribution in [0, 0.1) is 5.92 Å². The van der Waals surface area contributed by atoms with Gasteiger partial charge in [0.2, 0.25) is 5.91 Å². The number of nitrogens with one attached hydrogen (secondary N) is 1. The lowest BCUT2D eigenvalue weighted by molar-refractivity contribution is -0.126. The second-order valence-corrected chi connectivity index (χ2v) is 10.7. The molecule has 6 rings (SSSR count). The van der Waals surface area contributed by atoms with Crippen molar-refractivity contribution < 1.29 is 19.4 Å². The molecule has 8 nitrogen and oxygen atoms in total. The first-order valence-electron chi connectivity index (χ1n) is 13.6. The summed E-state index contributed by atoms with van der Waals surface area (Å²) in [6, 6.07) is 15.6. The van der Waals surface area contributed by atoms with E-state index in [9.17, 15) is 9.90 Å². The minimum atomic E-state index is -0.896. The first-order valence-corrected chi connectivity index (χ1v) is 13.6. The molecule has 200 valence electrons. The molecule has 2 N–H and O–H groups in total. The van der Waals surface area contributed by atoms with Gasteiger partial charge >= 0.3 is 0 Å². The maximum atomic E-state index is 13.5. The fourth-order valence-corrected chi connectivity index (χ4v) is 5.81. The molecule has 0 aliphatic carbocycles. The van der Waals surface area contributed by atoms with E-state index < -0.39 is 12.1 Å². The van der Waals surface area contributed by atoms with E-state index in [0.717, 1.165) is 32.5 Å². The third kappa shape index (κ3) is 5.24. The molecule has 0 radical (unpaired) electrons. The van der Waals surface area contributed by atoms with Crippen LogP contribution in [0.4, 0.5) is 5.69 Å². The van der Waals surface area contributed by atoms with Crippen LogP contribution in [-0.2, 0) is 24.3 Å². The van der Waals surface area contributed by atoms with E-state index in [0.29, 0.717) is 43.4 Å². The maximum absolute atomic E-state index is 13.5. The lowest BCUT2D eigenvalue weighted by Crippen LogP contribution is -2.45. The van der Waals surface area contributed by atoms with Crippen molar-refractivity contribution >= 4 is 11.6 Å². The highest BCUT2D eigenvalue weighted by Crippen LogP contribution is 2.34. The van der Waals surface area contributed by atoms with Gasteiger partial charge in [0.25, 0.3) is 0 Å². The second kappa shape index (κ2) is 10.7. The number of rotatable bonds is 7. The molecule has 3 aromatic rings. The first-order chi connectivity index (χ1) is 18.5. The molecule has 3 aliphatic rings. The van der Waals surface area contributed by atoms with Gasteiger partial charge < -0.3 is 34.3 Å². The highest BCUT2D eigenvalue weighted by Gasteiger charge is 2.32. The quantitative estimate of drug-likeness (QED) is 0.503. The number of aliphatic hydroxyl groups excluding tert-OH is 1. The predicted molar refractivity (Wildman–Crippen MR) is 146 cm³/mol. The number of anilines is 1. The van der Waals surface area contributed by atoms with Crippen LogP contribution < -0.4 is 19.7 Å². The number of ether oxygens (including phenoxy) is 2. The first kappa shape index (κ1) is 24.8. The van der Waals surface area contributed by atoms with Gasteiger partial charge in [0, 0.05) is 50.8 Å². The summed E-state index contributed by atoms with van der Waals surface area (Å²) in [5.74, 6) is 1.16. The molecule has 1 aromatic heterocycles. The maximum Gasteiger partial charge on any atom is 0.225 e. The van der Waals surface area contributed by atoms with Crippen molar-refractivity contribution in [1.29, 1.82) is 0 Å². The molecule has 1 amide bonds. The monoisotopic (exact) mass is 516 g/mol. The lowest BCUT2D eigenvalue weighted by Gasteiger charge is -2.28. The standard InChI is InChI=1S/C30H36N4O4/c1-32-12-8-21-4-6-25(16-24(21)18-32)34-13-9-23(19-34)30(36)31-26(20-33-10-2-3-11-33)29(35)22-5-7-27-28(17-22)38-15-14-37-27/h2-7,10-11,16-17,23,26,29,35H,8-9,12-15,18-20H2,1H3,(H,31,36)/t23-,26-,29-/m1/s1. The number of benzene rings is 2. The van der Waals surface area contributed by atoms with Gasteiger partial charge in [0.15, 0.2) is 11.5 Å².